The standard InChI is InChI=1S/C18H29NO2/c1-16-9-10-17(18(15-16)20-2)21-14-8-7-13-19-11-5-3-4-6-12-19/h9-10,15H,3-8,11-14H2,1-2H3/p+1. The van der Waals surface area contributed by atoms with Crippen molar-refractivity contribution in [1.82, 2.24) is 0 Å². The normalized spacial score (nSPS) is 16.5. The molecular weight excluding hydrogens is 262 g/mol. The van der Waals surface area contributed by atoms with Crippen LogP contribution in [0.3, 0.4) is 0 Å². The van der Waals surface area contributed by atoms with Gasteiger partial charge in [-0.1, -0.05) is 6.07 Å². The first-order valence-electron chi connectivity index (χ1n) is 8.40. The van der Waals surface area contributed by atoms with Crippen LogP contribution < -0.4 is 14.4 Å². The Hall–Kier alpha value is -1.22. The topological polar surface area (TPSA) is 22.9 Å². The molecule has 1 saturated heterocycles. The van der Waals surface area contributed by atoms with Crippen molar-refractivity contribution in [3.05, 3.63) is 23.8 Å². The first kappa shape index (κ1) is 16.2. The Morgan fingerprint density at radius 2 is 1.76 bits per heavy atom. The molecule has 2 rings (SSSR count). The highest BCUT2D eigenvalue weighted by molar-refractivity contribution is 5.42. The number of hydrogen-bond acceptors (Lipinski definition) is 2. The maximum atomic E-state index is 5.86. The van der Waals surface area contributed by atoms with Crippen LogP contribution in [0, 0.1) is 6.92 Å². The fraction of sp³-hybridized carbons (Fsp3) is 0.667. The van der Waals surface area contributed by atoms with Crippen LogP contribution in [-0.2, 0) is 0 Å². The zero-order valence-corrected chi connectivity index (χ0v) is 13.6. The summed E-state index contributed by atoms with van der Waals surface area (Å²) in [7, 11) is 1.70. The molecule has 0 amide bonds. The van der Waals surface area contributed by atoms with Crippen LogP contribution in [0.15, 0.2) is 18.2 Å². The zero-order valence-electron chi connectivity index (χ0n) is 13.6. The number of benzene rings is 1. The molecule has 0 aliphatic carbocycles. The van der Waals surface area contributed by atoms with E-state index in [1.54, 1.807) is 12.0 Å². The average molecular weight is 292 g/mol. The van der Waals surface area contributed by atoms with Crippen LogP contribution in [0.1, 0.15) is 44.1 Å². The van der Waals surface area contributed by atoms with Crippen LogP contribution >= 0.6 is 0 Å². The highest BCUT2D eigenvalue weighted by Crippen LogP contribution is 2.27. The van der Waals surface area contributed by atoms with Crippen molar-refractivity contribution in [1.29, 1.82) is 0 Å². The Bertz CT molecular complexity index is 412. The van der Waals surface area contributed by atoms with Gasteiger partial charge in [0.2, 0.25) is 0 Å². The lowest BCUT2D eigenvalue weighted by Crippen LogP contribution is -3.11. The van der Waals surface area contributed by atoms with E-state index in [9.17, 15) is 0 Å². The third kappa shape index (κ3) is 5.58. The zero-order chi connectivity index (χ0) is 14.9. The molecule has 1 N–H and O–H groups in total. The number of methoxy groups -OCH3 is 1. The predicted molar refractivity (Wildman–Crippen MR) is 86.5 cm³/mol. The van der Waals surface area contributed by atoms with Crippen molar-refractivity contribution in [3.63, 3.8) is 0 Å². The van der Waals surface area contributed by atoms with Gasteiger partial charge in [-0.2, -0.15) is 0 Å². The second kappa shape index (κ2) is 8.93. The quantitative estimate of drug-likeness (QED) is 0.781. The number of unbranched alkanes of at least 4 members (excludes halogenated alkanes) is 1. The molecule has 0 radical (unpaired) electrons. The van der Waals surface area contributed by atoms with Crippen molar-refractivity contribution < 1.29 is 14.4 Å². The highest BCUT2D eigenvalue weighted by Gasteiger charge is 2.11. The molecule has 1 aromatic carbocycles. The summed E-state index contributed by atoms with van der Waals surface area (Å²) in [5.41, 5.74) is 1.20. The summed E-state index contributed by atoms with van der Waals surface area (Å²) in [5.74, 6) is 1.71. The van der Waals surface area contributed by atoms with E-state index in [4.69, 9.17) is 9.47 Å². The lowest BCUT2D eigenvalue weighted by molar-refractivity contribution is -0.899. The maximum absolute atomic E-state index is 5.86. The summed E-state index contributed by atoms with van der Waals surface area (Å²) in [4.78, 5) is 1.79. The molecule has 3 nitrogen and oxygen atoms in total. The van der Waals surface area contributed by atoms with Crippen molar-refractivity contribution in [2.75, 3.05) is 33.4 Å². The number of hydrogen-bond donors (Lipinski definition) is 1. The molecule has 0 aromatic heterocycles. The van der Waals surface area contributed by atoms with Gasteiger partial charge in [-0.05, 0) is 63.1 Å². The second-order valence-electron chi connectivity index (χ2n) is 6.12. The van der Waals surface area contributed by atoms with Gasteiger partial charge in [-0.25, -0.2) is 0 Å². The number of nitrogens with one attached hydrogen (secondary N) is 1. The number of aryl methyl sites for hydroxylation is 1. The Morgan fingerprint density at radius 3 is 2.48 bits per heavy atom. The molecule has 0 bridgehead atoms. The van der Waals surface area contributed by atoms with Crippen LogP contribution in [0.4, 0.5) is 0 Å². The minimum absolute atomic E-state index is 0.784. The minimum Gasteiger partial charge on any atom is -0.493 e. The van der Waals surface area contributed by atoms with Gasteiger partial charge in [0.1, 0.15) is 0 Å². The summed E-state index contributed by atoms with van der Waals surface area (Å²) in [6.07, 6.45) is 8.06. The molecule has 0 atom stereocenters. The first-order chi connectivity index (χ1) is 10.3. The smallest absolute Gasteiger partial charge is 0.161 e. The van der Waals surface area contributed by atoms with Gasteiger partial charge in [0.15, 0.2) is 11.5 Å². The third-order valence-corrected chi connectivity index (χ3v) is 4.31. The van der Waals surface area contributed by atoms with Gasteiger partial charge in [-0.3, -0.25) is 0 Å². The van der Waals surface area contributed by atoms with E-state index in [-0.39, 0.29) is 0 Å². The summed E-state index contributed by atoms with van der Waals surface area (Å²) >= 11 is 0. The van der Waals surface area contributed by atoms with E-state index < -0.39 is 0 Å². The fourth-order valence-corrected chi connectivity index (χ4v) is 3.03. The molecule has 0 spiro atoms. The van der Waals surface area contributed by atoms with E-state index in [0.717, 1.165) is 24.5 Å². The molecule has 1 aliphatic heterocycles. The molecule has 118 valence electrons. The summed E-state index contributed by atoms with van der Waals surface area (Å²) in [6, 6.07) is 6.10. The highest BCUT2D eigenvalue weighted by atomic mass is 16.5. The van der Waals surface area contributed by atoms with Crippen molar-refractivity contribution in [2.45, 2.75) is 45.4 Å². The van der Waals surface area contributed by atoms with E-state index in [1.807, 2.05) is 12.1 Å². The predicted octanol–water partition coefficient (Wildman–Crippen LogP) is 2.62. The Labute approximate surface area is 129 Å². The minimum atomic E-state index is 0.784. The first-order valence-corrected chi connectivity index (χ1v) is 8.40. The van der Waals surface area contributed by atoms with Gasteiger partial charge >= 0.3 is 0 Å². The van der Waals surface area contributed by atoms with E-state index in [1.165, 1.54) is 57.3 Å². The summed E-state index contributed by atoms with van der Waals surface area (Å²) < 4.78 is 11.2. The Kier molecular flexibility index (Phi) is 6.87. The molecule has 21 heavy (non-hydrogen) atoms. The Morgan fingerprint density at radius 1 is 1.00 bits per heavy atom. The largest absolute Gasteiger partial charge is 0.493 e. The maximum Gasteiger partial charge on any atom is 0.161 e. The van der Waals surface area contributed by atoms with Crippen LogP contribution in [0.5, 0.6) is 11.5 Å². The molecule has 0 unspecified atom stereocenters. The Balaban J connectivity index is 1.65. The lowest BCUT2D eigenvalue weighted by Gasteiger charge is -2.17. The monoisotopic (exact) mass is 292 g/mol. The van der Waals surface area contributed by atoms with E-state index in [2.05, 4.69) is 13.0 Å². The lowest BCUT2D eigenvalue weighted by atomic mass is 10.2. The molecule has 1 fully saturated rings. The van der Waals surface area contributed by atoms with Crippen molar-refractivity contribution in [2.24, 2.45) is 0 Å². The summed E-state index contributed by atoms with van der Waals surface area (Å²) in [6.45, 7) is 6.89. The number of rotatable bonds is 7. The van der Waals surface area contributed by atoms with Crippen LogP contribution in [0.2, 0.25) is 0 Å². The molecule has 0 saturated carbocycles. The molecule has 1 heterocycles. The van der Waals surface area contributed by atoms with Gasteiger partial charge in [0, 0.05) is 0 Å². The van der Waals surface area contributed by atoms with Gasteiger partial charge in [-0.15, -0.1) is 0 Å². The van der Waals surface area contributed by atoms with E-state index in [0.29, 0.717) is 0 Å². The van der Waals surface area contributed by atoms with Crippen LogP contribution in [-0.4, -0.2) is 33.4 Å². The molecular formula is C18H30NO2+. The second-order valence-corrected chi connectivity index (χ2v) is 6.12. The van der Waals surface area contributed by atoms with Crippen molar-refractivity contribution in [3.8, 4) is 11.5 Å². The van der Waals surface area contributed by atoms with E-state index >= 15 is 0 Å². The molecule has 3 heteroatoms. The molecule has 1 aromatic rings. The molecule has 1 aliphatic rings. The van der Waals surface area contributed by atoms with Crippen molar-refractivity contribution >= 4 is 0 Å². The fourth-order valence-electron chi connectivity index (χ4n) is 3.03. The number of quaternary nitrogens is 1. The van der Waals surface area contributed by atoms with Crippen LogP contribution in [0.25, 0.3) is 0 Å². The number of ether oxygens (including phenoxy) is 2. The van der Waals surface area contributed by atoms with Gasteiger partial charge < -0.3 is 14.4 Å². The SMILES string of the molecule is COc1cc(C)ccc1OCCCC[NH+]1CCCCCC1. The third-order valence-electron chi connectivity index (χ3n) is 4.31. The van der Waals surface area contributed by atoms with Gasteiger partial charge in [0.25, 0.3) is 0 Å². The summed E-state index contributed by atoms with van der Waals surface area (Å²) in [5, 5.41) is 0. The van der Waals surface area contributed by atoms with Gasteiger partial charge in [0.05, 0.1) is 33.4 Å². The average Bonchev–Trinajstić information content (AvgIpc) is 2.77. The number of likely N-dealkylation sites (tertiary alicyclic amines) is 1.